The number of nitrogens with one attached hydrogen (secondary N) is 1. The predicted octanol–water partition coefficient (Wildman–Crippen LogP) is 4.00. The van der Waals surface area contributed by atoms with Gasteiger partial charge in [0.2, 0.25) is 11.7 Å². The van der Waals surface area contributed by atoms with E-state index in [-0.39, 0.29) is 29.9 Å². The average molecular weight is 482 g/mol. The zero-order valence-corrected chi connectivity index (χ0v) is 19.7. The van der Waals surface area contributed by atoms with E-state index < -0.39 is 0 Å². The quantitative estimate of drug-likeness (QED) is 0.374. The molecule has 0 aliphatic rings. The minimum Gasteiger partial charge on any atom is -0.497 e. The summed E-state index contributed by atoms with van der Waals surface area (Å²) >= 11 is 0. The standard InChI is InChI=1S/C27H23N5O4/c1-17(19-6-5-7-20(14-19)35-2)29-24(33)16-32-23-9-4-3-8-21(23)22(15-25(32)34)27-30-26(31-36-27)18-10-12-28-13-11-18/h3-15,17H,16H2,1-2H3,(H,29,33)/t17-/m0/s1. The summed E-state index contributed by atoms with van der Waals surface area (Å²) in [5.41, 5.74) is 2.39. The summed E-state index contributed by atoms with van der Waals surface area (Å²) in [6.45, 7) is 1.74. The Morgan fingerprint density at radius 1 is 1.08 bits per heavy atom. The Balaban J connectivity index is 1.44. The highest BCUT2D eigenvalue weighted by atomic mass is 16.5. The van der Waals surface area contributed by atoms with Crippen LogP contribution in [0, 0.1) is 0 Å². The largest absolute Gasteiger partial charge is 0.497 e. The lowest BCUT2D eigenvalue weighted by Gasteiger charge is -2.17. The molecule has 0 saturated heterocycles. The lowest BCUT2D eigenvalue weighted by Crippen LogP contribution is -2.34. The van der Waals surface area contributed by atoms with E-state index in [0.717, 1.165) is 16.5 Å². The van der Waals surface area contributed by atoms with Crippen LogP contribution in [0.4, 0.5) is 0 Å². The second-order valence-electron chi connectivity index (χ2n) is 8.22. The van der Waals surface area contributed by atoms with Crippen molar-refractivity contribution in [1.82, 2.24) is 25.0 Å². The van der Waals surface area contributed by atoms with Crippen LogP contribution in [0.25, 0.3) is 33.7 Å². The number of benzene rings is 2. The molecule has 5 rings (SSSR count). The molecule has 0 unspecified atom stereocenters. The molecule has 0 spiro atoms. The number of ether oxygens (including phenoxy) is 1. The highest BCUT2D eigenvalue weighted by Gasteiger charge is 2.18. The van der Waals surface area contributed by atoms with Gasteiger partial charge >= 0.3 is 0 Å². The van der Waals surface area contributed by atoms with Crippen molar-refractivity contribution < 1.29 is 14.1 Å². The Morgan fingerprint density at radius 3 is 2.69 bits per heavy atom. The summed E-state index contributed by atoms with van der Waals surface area (Å²) < 4.78 is 12.2. The molecule has 1 atom stereocenters. The summed E-state index contributed by atoms with van der Waals surface area (Å²) in [4.78, 5) is 34.5. The van der Waals surface area contributed by atoms with Gasteiger partial charge in [0.05, 0.1) is 24.2 Å². The lowest BCUT2D eigenvalue weighted by atomic mass is 10.1. The first-order chi connectivity index (χ1) is 17.5. The highest BCUT2D eigenvalue weighted by Crippen LogP contribution is 2.28. The van der Waals surface area contributed by atoms with Gasteiger partial charge in [-0.05, 0) is 42.8 Å². The van der Waals surface area contributed by atoms with E-state index in [4.69, 9.17) is 9.26 Å². The Labute approximate surface area is 206 Å². The molecule has 1 amide bonds. The first-order valence-corrected chi connectivity index (χ1v) is 11.3. The van der Waals surface area contributed by atoms with Gasteiger partial charge < -0.3 is 14.6 Å². The number of rotatable bonds is 7. The van der Waals surface area contributed by atoms with Crippen molar-refractivity contribution in [3.8, 4) is 28.6 Å². The molecule has 5 aromatic rings. The molecule has 0 aliphatic carbocycles. The van der Waals surface area contributed by atoms with E-state index in [1.165, 1.54) is 10.6 Å². The van der Waals surface area contributed by atoms with E-state index in [1.807, 2.05) is 49.4 Å². The Hall–Kier alpha value is -4.79. The maximum absolute atomic E-state index is 13.1. The molecule has 2 aromatic carbocycles. The fraction of sp³-hybridized carbons (Fsp3) is 0.148. The Morgan fingerprint density at radius 2 is 1.89 bits per heavy atom. The molecular weight excluding hydrogens is 458 g/mol. The van der Waals surface area contributed by atoms with Crippen LogP contribution in [0.5, 0.6) is 5.75 Å². The summed E-state index contributed by atoms with van der Waals surface area (Å²) in [7, 11) is 1.60. The second-order valence-corrected chi connectivity index (χ2v) is 8.22. The van der Waals surface area contributed by atoms with Gasteiger partial charge in [0.1, 0.15) is 12.3 Å². The van der Waals surface area contributed by atoms with Gasteiger partial charge in [0, 0.05) is 29.4 Å². The number of hydrogen-bond donors (Lipinski definition) is 1. The SMILES string of the molecule is COc1cccc([C@H](C)NC(=O)Cn2c(=O)cc(-c3nc(-c4ccncc4)no3)c3ccccc32)c1. The van der Waals surface area contributed by atoms with Crippen molar-refractivity contribution in [1.29, 1.82) is 0 Å². The van der Waals surface area contributed by atoms with Crippen molar-refractivity contribution >= 4 is 16.8 Å². The molecule has 3 heterocycles. The van der Waals surface area contributed by atoms with E-state index in [2.05, 4.69) is 20.4 Å². The van der Waals surface area contributed by atoms with E-state index in [0.29, 0.717) is 22.7 Å². The number of para-hydroxylation sites is 1. The molecule has 0 saturated carbocycles. The number of fused-ring (bicyclic) bond motifs is 1. The van der Waals surface area contributed by atoms with Crippen LogP contribution in [0.2, 0.25) is 0 Å². The van der Waals surface area contributed by atoms with Gasteiger partial charge in [-0.1, -0.05) is 35.5 Å². The molecule has 1 N–H and O–H groups in total. The van der Waals surface area contributed by atoms with E-state index >= 15 is 0 Å². The summed E-state index contributed by atoms with van der Waals surface area (Å²) in [6, 6.07) is 19.5. The maximum atomic E-state index is 13.1. The molecular formula is C27H23N5O4. The molecule has 36 heavy (non-hydrogen) atoms. The number of methoxy groups -OCH3 is 1. The van der Waals surface area contributed by atoms with Gasteiger partial charge in [0.15, 0.2) is 0 Å². The first-order valence-electron chi connectivity index (χ1n) is 11.3. The molecule has 0 bridgehead atoms. The molecule has 9 heteroatoms. The number of nitrogens with zero attached hydrogens (tertiary/aromatic N) is 4. The molecule has 180 valence electrons. The first kappa shape index (κ1) is 23.0. The minimum absolute atomic E-state index is 0.139. The molecule has 0 aliphatic heterocycles. The fourth-order valence-corrected chi connectivity index (χ4v) is 4.05. The summed E-state index contributed by atoms with van der Waals surface area (Å²) in [5.74, 6) is 1.03. The van der Waals surface area contributed by atoms with Crippen LogP contribution in [-0.4, -0.2) is 32.7 Å². The van der Waals surface area contributed by atoms with E-state index in [9.17, 15) is 9.59 Å². The number of amides is 1. The van der Waals surface area contributed by atoms with Gasteiger partial charge in [-0.15, -0.1) is 0 Å². The van der Waals surface area contributed by atoms with Gasteiger partial charge in [-0.25, -0.2) is 0 Å². The topological polar surface area (TPSA) is 112 Å². The molecule has 9 nitrogen and oxygen atoms in total. The molecule has 3 aromatic heterocycles. The van der Waals surface area contributed by atoms with Crippen LogP contribution in [0.3, 0.4) is 0 Å². The van der Waals surface area contributed by atoms with Crippen molar-refractivity contribution in [3.05, 3.63) is 95.0 Å². The summed E-state index contributed by atoms with van der Waals surface area (Å²) in [5, 5.41) is 7.72. The zero-order valence-electron chi connectivity index (χ0n) is 19.7. The van der Waals surface area contributed by atoms with Gasteiger partial charge in [0.25, 0.3) is 11.4 Å². The Bertz CT molecular complexity index is 1590. The fourth-order valence-electron chi connectivity index (χ4n) is 4.05. The number of hydrogen-bond acceptors (Lipinski definition) is 7. The normalized spacial score (nSPS) is 11.8. The number of pyridine rings is 2. The van der Waals surface area contributed by atoms with Crippen molar-refractivity contribution in [3.63, 3.8) is 0 Å². The predicted molar refractivity (Wildman–Crippen MR) is 134 cm³/mol. The van der Waals surface area contributed by atoms with Crippen molar-refractivity contribution in [2.75, 3.05) is 7.11 Å². The smallest absolute Gasteiger partial charge is 0.259 e. The lowest BCUT2D eigenvalue weighted by molar-refractivity contribution is -0.122. The minimum atomic E-state index is -0.350. The van der Waals surface area contributed by atoms with Crippen LogP contribution < -0.4 is 15.6 Å². The van der Waals surface area contributed by atoms with Crippen LogP contribution in [-0.2, 0) is 11.3 Å². The molecule has 0 fully saturated rings. The van der Waals surface area contributed by atoms with Crippen LogP contribution in [0.1, 0.15) is 18.5 Å². The Kier molecular flexibility index (Phi) is 6.27. The third-order valence-corrected chi connectivity index (χ3v) is 5.89. The van der Waals surface area contributed by atoms with Gasteiger partial charge in [-0.3, -0.25) is 19.1 Å². The van der Waals surface area contributed by atoms with E-state index in [1.54, 1.807) is 37.7 Å². The van der Waals surface area contributed by atoms with Crippen LogP contribution >= 0.6 is 0 Å². The van der Waals surface area contributed by atoms with Crippen molar-refractivity contribution in [2.24, 2.45) is 0 Å². The third kappa shape index (κ3) is 4.58. The van der Waals surface area contributed by atoms with Crippen molar-refractivity contribution in [2.45, 2.75) is 19.5 Å². The summed E-state index contributed by atoms with van der Waals surface area (Å²) in [6.07, 6.45) is 3.28. The van der Waals surface area contributed by atoms with Gasteiger partial charge in [-0.2, -0.15) is 4.98 Å². The average Bonchev–Trinajstić information content (AvgIpc) is 3.41. The van der Waals surface area contributed by atoms with Crippen LogP contribution in [0.15, 0.2) is 88.4 Å². The monoisotopic (exact) mass is 481 g/mol. The number of carbonyl (C=O) groups is 1. The molecule has 0 radical (unpaired) electrons. The number of carbonyl (C=O) groups excluding carboxylic acids is 1. The maximum Gasteiger partial charge on any atom is 0.259 e. The zero-order chi connectivity index (χ0) is 25.1. The highest BCUT2D eigenvalue weighted by molar-refractivity contribution is 5.93. The third-order valence-electron chi connectivity index (χ3n) is 5.89. The second kappa shape index (κ2) is 9.83. The number of aromatic nitrogens is 4.